The molecule has 0 saturated heterocycles. The zero-order valence-electron chi connectivity index (χ0n) is 22.1. The predicted octanol–water partition coefficient (Wildman–Crippen LogP) is 4.96. The van der Waals surface area contributed by atoms with E-state index in [2.05, 4.69) is 15.3 Å². The standard InChI is InChI=1S/C31H27N7O3/c32-26-22(7-4-12-33-26)27-36-24-10-9-23(18-5-2-1-3-6-18)35-28(24)38(27)21-8-11-25(34-17-21)37-29(39)19-13-31(14-19)15-20(16-31)30(40)41/h1-12,17,19-20H,13-16H2,(H2,32,33)(H,40,41)(H,34,37,39). The Labute approximate surface area is 235 Å². The van der Waals surface area contributed by atoms with E-state index in [9.17, 15) is 9.59 Å². The Morgan fingerprint density at radius 2 is 1.68 bits per heavy atom. The molecule has 2 aliphatic carbocycles. The van der Waals surface area contributed by atoms with Crippen LogP contribution in [-0.4, -0.2) is 41.5 Å². The average Bonchev–Trinajstić information content (AvgIpc) is 3.31. The minimum atomic E-state index is -0.737. The van der Waals surface area contributed by atoms with Gasteiger partial charge >= 0.3 is 5.97 Å². The molecular weight excluding hydrogens is 518 g/mol. The fraction of sp³-hybridized carbons (Fsp3) is 0.226. The second-order valence-electron chi connectivity index (χ2n) is 11.1. The van der Waals surface area contributed by atoms with E-state index in [0.717, 1.165) is 24.1 Å². The number of benzene rings is 1. The van der Waals surface area contributed by atoms with Gasteiger partial charge < -0.3 is 16.2 Å². The van der Waals surface area contributed by atoms with E-state index in [-0.39, 0.29) is 23.2 Å². The molecule has 4 aromatic heterocycles. The number of carboxylic acid groups (broad SMARTS) is 1. The average molecular weight is 546 g/mol. The number of carbonyl (C=O) groups excluding carboxylic acids is 1. The van der Waals surface area contributed by atoms with Gasteiger partial charge in [-0.2, -0.15) is 0 Å². The number of nitrogens with two attached hydrogens (primary N) is 1. The van der Waals surface area contributed by atoms with Crippen molar-refractivity contribution in [1.29, 1.82) is 0 Å². The number of amides is 1. The summed E-state index contributed by atoms with van der Waals surface area (Å²) in [6.45, 7) is 0. The van der Waals surface area contributed by atoms with Crippen LogP contribution in [0.4, 0.5) is 11.6 Å². The van der Waals surface area contributed by atoms with E-state index in [1.807, 2.05) is 65.2 Å². The van der Waals surface area contributed by atoms with Crippen molar-refractivity contribution in [3.05, 3.63) is 79.1 Å². The minimum Gasteiger partial charge on any atom is -0.481 e. The number of hydrogen-bond acceptors (Lipinski definition) is 7. The third-order valence-electron chi connectivity index (χ3n) is 8.35. The summed E-state index contributed by atoms with van der Waals surface area (Å²) in [5.41, 5.74) is 10.8. The zero-order valence-corrected chi connectivity index (χ0v) is 22.1. The number of nitrogen functional groups attached to an aromatic ring is 1. The lowest BCUT2D eigenvalue weighted by Crippen LogP contribution is -2.52. The van der Waals surface area contributed by atoms with Crippen LogP contribution in [0.2, 0.25) is 0 Å². The van der Waals surface area contributed by atoms with Gasteiger partial charge in [-0.05, 0) is 67.5 Å². The second kappa shape index (κ2) is 9.51. The molecule has 2 aliphatic rings. The zero-order chi connectivity index (χ0) is 28.1. The topological polar surface area (TPSA) is 149 Å². The molecule has 0 radical (unpaired) electrons. The van der Waals surface area contributed by atoms with E-state index in [1.165, 1.54) is 0 Å². The van der Waals surface area contributed by atoms with Gasteiger partial charge in [-0.25, -0.2) is 19.9 Å². The molecule has 1 amide bonds. The molecule has 0 aliphatic heterocycles. The molecule has 2 saturated carbocycles. The molecule has 0 atom stereocenters. The highest BCUT2D eigenvalue weighted by Crippen LogP contribution is 2.61. The summed E-state index contributed by atoms with van der Waals surface area (Å²) in [6.07, 6.45) is 6.11. The summed E-state index contributed by atoms with van der Waals surface area (Å²) < 4.78 is 1.90. The summed E-state index contributed by atoms with van der Waals surface area (Å²) >= 11 is 0. The largest absolute Gasteiger partial charge is 0.481 e. The highest BCUT2D eigenvalue weighted by atomic mass is 16.4. The summed E-state index contributed by atoms with van der Waals surface area (Å²) in [5.74, 6) is 0.175. The van der Waals surface area contributed by atoms with E-state index in [1.54, 1.807) is 18.5 Å². The monoisotopic (exact) mass is 545 g/mol. The smallest absolute Gasteiger partial charge is 0.306 e. The van der Waals surface area contributed by atoms with Crippen LogP contribution < -0.4 is 11.1 Å². The quantitative estimate of drug-likeness (QED) is 0.271. The SMILES string of the molecule is Nc1ncccc1-c1nc2ccc(-c3ccccc3)nc2n1-c1ccc(NC(=O)C2CC3(CC(C(=O)O)C3)C2)nc1. The molecule has 7 rings (SSSR count). The lowest BCUT2D eigenvalue weighted by Gasteiger charge is -2.56. The predicted molar refractivity (Wildman–Crippen MR) is 154 cm³/mol. The van der Waals surface area contributed by atoms with Crippen LogP contribution in [-0.2, 0) is 9.59 Å². The van der Waals surface area contributed by atoms with Crippen molar-refractivity contribution >= 4 is 34.7 Å². The number of fused-ring (bicyclic) bond motifs is 1. The molecule has 204 valence electrons. The van der Waals surface area contributed by atoms with Crippen LogP contribution in [0.25, 0.3) is 39.5 Å². The first-order valence-electron chi connectivity index (χ1n) is 13.6. The maximum Gasteiger partial charge on any atom is 0.306 e. The highest BCUT2D eigenvalue weighted by molar-refractivity contribution is 5.92. The van der Waals surface area contributed by atoms with Crippen LogP contribution in [0, 0.1) is 17.3 Å². The Balaban J connectivity index is 1.18. The number of pyridine rings is 3. The van der Waals surface area contributed by atoms with Gasteiger partial charge in [0.2, 0.25) is 5.91 Å². The maximum absolute atomic E-state index is 12.9. The molecule has 0 bridgehead atoms. The van der Waals surface area contributed by atoms with Crippen LogP contribution in [0.3, 0.4) is 0 Å². The Hall–Kier alpha value is -5.12. The Morgan fingerprint density at radius 1 is 0.902 bits per heavy atom. The number of rotatable bonds is 6. The minimum absolute atomic E-state index is 0.0287. The van der Waals surface area contributed by atoms with Crippen molar-refractivity contribution in [3.63, 3.8) is 0 Å². The number of imidazole rings is 1. The van der Waals surface area contributed by atoms with Gasteiger partial charge in [0, 0.05) is 17.7 Å². The van der Waals surface area contributed by atoms with Crippen LogP contribution in [0.15, 0.2) is 79.1 Å². The van der Waals surface area contributed by atoms with E-state index in [4.69, 9.17) is 20.8 Å². The summed E-state index contributed by atoms with van der Waals surface area (Å²) in [5, 5.41) is 12.1. The van der Waals surface area contributed by atoms with Gasteiger partial charge in [-0.15, -0.1) is 0 Å². The molecule has 2 fully saturated rings. The first-order chi connectivity index (χ1) is 19.9. The molecule has 4 heterocycles. The fourth-order valence-corrected chi connectivity index (χ4v) is 6.24. The highest BCUT2D eigenvalue weighted by Gasteiger charge is 2.56. The molecule has 4 N–H and O–H groups in total. The van der Waals surface area contributed by atoms with Gasteiger partial charge in [0.05, 0.1) is 29.1 Å². The Morgan fingerprint density at radius 3 is 2.39 bits per heavy atom. The van der Waals surface area contributed by atoms with Gasteiger partial charge in [0.15, 0.2) is 11.5 Å². The van der Waals surface area contributed by atoms with E-state index >= 15 is 0 Å². The van der Waals surface area contributed by atoms with Crippen LogP contribution >= 0.6 is 0 Å². The summed E-state index contributed by atoms with van der Waals surface area (Å²) in [7, 11) is 0. The third-order valence-corrected chi connectivity index (χ3v) is 8.35. The summed E-state index contributed by atoms with van der Waals surface area (Å²) in [4.78, 5) is 42.6. The molecule has 41 heavy (non-hydrogen) atoms. The Kier molecular flexibility index (Phi) is 5.77. The van der Waals surface area contributed by atoms with Crippen molar-refractivity contribution in [1.82, 2.24) is 24.5 Å². The molecular formula is C31H27N7O3. The third kappa shape index (κ3) is 4.37. The molecule has 5 aromatic rings. The molecule has 1 aromatic carbocycles. The van der Waals surface area contributed by atoms with Crippen LogP contribution in [0.5, 0.6) is 0 Å². The van der Waals surface area contributed by atoms with Crippen LogP contribution in [0.1, 0.15) is 25.7 Å². The summed E-state index contributed by atoms with van der Waals surface area (Å²) in [6, 6.07) is 21.1. The lowest BCUT2D eigenvalue weighted by molar-refractivity contribution is -0.159. The number of carbonyl (C=O) groups is 2. The number of nitrogens with one attached hydrogen (secondary N) is 1. The maximum atomic E-state index is 12.9. The number of aliphatic carboxylic acids is 1. The molecule has 0 unspecified atom stereocenters. The van der Waals surface area contributed by atoms with Gasteiger partial charge in [-0.1, -0.05) is 30.3 Å². The second-order valence-corrected chi connectivity index (χ2v) is 11.1. The number of anilines is 2. The lowest BCUT2D eigenvalue weighted by atomic mass is 9.48. The number of nitrogens with zero attached hydrogens (tertiary/aromatic N) is 5. The van der Waals surface area contributed by atoms with Crippen molar-refractivity contribution < 1.29 is 14.7 Å². The van der Waals surface area contributed by atoms with Gasteiger partial charge in [-0.3, -0.25) is 14.2 Å². The first kappa shape index (κ1) is 24.9. The number of carboxylic acids is 1. The molecule has 1 spiro atoms. The number of hydrogen-bond donors (Lipinski definition) is 3. The van der Waals surface area contributed by atoms with Crippen molar-refractivity contribution in [3.8, 4) is 28.3 Å². The first-order valence-corrected chi connectivity index (χ1v) is 13.6. The fourth-order valence-electron chi connectivity index (χ4n) is 6.24. The van der Waals surface area contributed by atoms with E-state index < -0.39 is 5.97 Å². The Bertz CT molecular complexity index is 1790. The van der Waals surface area contributed by atoms with Crippen molar-refractivity contribution in [2.45, 2.75) is 25.7 Å². The van der Waals surface area contributed by atoms with E-state index in [0.29, 0.717) is 52.7 Å². The molecule has 10 heteroatoms. The van der Waals surface area contributed by atoms with Gasteiger partial charge in [0.25, 0.3) is 0 Å². The van der Waals surface area contributed by atoms with Crippen molar-refractivity contribution in [2.75, 3.05) is 11.1 Å². The molecule has 10 nitrogen and oxygen atoms in total. The van der Waals surface area contributed by atoms with Gasteiger partial charge in [0.1, 0.15) is 17.2 Å². The normalized spacial score (nSPS) is 21.3. The van der Waals surface area contributed by atoms with Crippen molar-refractivity contribution in [2.24, 2.45) is 17.3 Å². The number of aromatic nitrogens is 5.